The lowest BCUT2D eigenvalue weighted by Crippen LogP contribution is -2.22. The number of primary amides is 1. The minimum absolute atomic E-state index is 0. The first-order valence-electron chi connectivity index (χ1n) is 6.18. The van der Waals surface area contributed by atoms with Crippen LogP contribution >= 0.6 is 40.7 Å². The molecule has 0 fully saturated rings. The Labute approximate surface area is 146 Å². The summed E-state index contributed by atoms with van der Waals surface area (Å²) < 4.78 is 6.36. The minimum Gasteiger partial charge on any atom is -0.483 e. The number of hydrogen-bond acceptors (Lipinski definition) is 4. The molecule has 0 aromatic heterocycles. The van der Waals surface area contributed by atoms with E-state index in [0.717, 1.165) is 29.5 Å². The number of carbonyl (C=O) groups is 1. The predicted molar refractivity (Wildman–Crippen MR) is 93.6 cm³/mol. The van der Waals surface area contributed by atoms with E-state index in [0.29, 0.717) is 12.3 Å². The van der Waals surface area contributed by atoms with E-state index in [4.69, 9.17) is 10.5 Å². The van der Waals surface area contributed by atoms with Crippen molar-refractivity contribution in [3.05, 3.63) is 28.2 Å². The number of nitrogens with two attached hydrogens (primary N) is 1. The smallest absolute Gasteiger partial charge is 0.255 e. The van der Waals surface area contributed by atoms with Gasteiger partial charge >= 0.3 is 0 Å². The third-order valence-electron chi connectivity index (χ3n) is 2.49. The Morgan fingerprint density at radius 3 is 2.67 bits per heavy atom. The summed E-state index contributed by atoms with van der Waals surface area (Å²) in [5.74, 6) is 0.207. The second-order valence-electron chi connectivity index (χ2n) is 4.14. The molecule has 1 aromatic carbocycles. The zero-order valence-electron chi connectivity index (χ0n) is 11.9. The molecule has 122 valence electrons. The van der Waals surface area contributed by atoms with Crippen molar-refractivity contribution in [1.29, 1.82) is 0 Å². The van der Waals surface area contributed by atoms with Gasteiger partial charge in [-0.1, -0.05) is 15.9 Å². The van der Waals surface area contributed by atoms with Crippen molar-refractivity contribution in [2.75, 3.05) is 26.7 Å². The second-order valence-corrected chi connectivity index (χ2v) is 5.06. The Balaban J connectivity index is 0. The van der Waals surface area contributed by atoms with E-state index < -0.39 is 5.91 Å². The van der Waals surface area contributed by atoms with E-state index in [2.05, 4.69) is 26.6 Å². The SMILES string of the molecule is CNCCCNCc1cc(Br)ccc1OCC(N)=O.Cl.Cl. The zero-order chi connectivity index (χ0) is 14.1. The van der Waals surface area contributed by atoms with Crippen LogP contribution in [0.1, 0.15) is 12.0 Å². The number of hydrogen-bond donors (Lipinski definition) is 3. The van der Waals surface area contributed by atoms with E-state index in [1.165, 1.54) is 0 Å². The fourth-order valence-electron chi connectivity index (χ4n) is 1.59. The van der Waals surface area contributed by atoms with Gasteiger partial charge in [-0.15, -0.1) is 24.8 Å². The average Bonchev–Trinajstić information content (AvgIpc) is 2.37. The first-order valence-corrected chi connectivity index (χ1v) is 6.97. The van der Waals surface area contributed by atoms with Crippen molar-refractivity contribution < 1.29 is 9.53 Å². The summed E-state index contributed by atoms with van der Waals surface area (Å²) >= 11 is 3.43. The van der Waals surface area contributed by atoms with E-state index >= 15 is 0 Å². The molecule has 0 spiro atoms. The fraction of sp³-hybridized carbons (Fsp3) is 0.462. The molecule has 1 rings (SSSR count). The Hall–Kier alpha value is -0.530. The van der Waals surface area contributed by atoms with Crippen molar-refractivity contribution in [2.24, 2.45) is 5.73 Å². The highest BCUT2D eigenvalue weighted by molar-refractivity contribution is 9.10. The lowest BCUT2D eigenvalue weighted by molar-refractivity contribution is -0.119. The molecule has 5 nitrogen and oxygen atoms in total. The lowest BCUT2D eigenvalue weighted by Gasteiger charge is -2.12. The number of benzene rings is 1. The summed E-state index contributed by atoms with van der Waals surface area (Å²) in [4.78, 5) is 10.7. The normalized spacial score (nSPS) is 9.43. The molecule has 0 heterocycles. The third kappa shape index (κ3) is 9.92. The molecule has 0 radical (unpaired) electrons. The van der Waals surface area contributed by atoms with Gasteiger partial charge in [0.25, 0.3) is 5.91 Å². The Bertz CT molecular complexity index is 422. The standard InChI is InChI=1S/C13H20BrN3O2.2ClH/c1-16-5-2-6-17-8-10-7-11(14)3-4-12(10)19-9-13(15)18;;/h3-4,7,16-17H,2,5-6,8-9H2,1H3,(H2,15,18);2*1H. The summed E-state index contributed by atoms with van der Waals surface area (Å²) in [6, 6.07) is 5.68. The second kappa shape index (κ2) is 13.2. The molecule has 0 saturated carbocycles. The van der Waals surface area contributed by atoms with Gasteiger partial charge in [-0.25, -0.2) is 0 Å². The molecule has 0 saturated heterocycles. The topological polar surface area (TPSA) is 76.4 Å². The van der Waals surface area contributed by atoms with Crippen LogP contribution in [0.4, 0.5) is 0 Å². The van der Waals surface area contributed by atoms with Crippen LogP contribution in [0.2, 0.25) is 0 Å². The molecule has 1 aromatic rings. The van der Waals surface area contributed by atoms with Gasteiger partial charge < -0.3 is 21.1 Å². The van der Waals surface area contributed by atoms with Gasteiger partial charge in [0, 0.05) is 16.6 Å². The van der Waals surface area contributed by atoms with E-state index in [9.17, 15) is 4.79 Å². The number of halogens is 3. The fourth-order valence-corrected chi connectivity index (χ4v) is 2.00. The summed E-state index contributed by atoms with van der Waals surface area (Å²) in [7, 11) is 1.93. The van der Waals surface area contributed by atoms with Gasteiger partial charge in [-0.2, -0.15) is 0 Å². The Morgan fingerprint density at radius 2 is 2.05 bits per heavy atom. The molecule has 21 heavy (non-hydrogen) atoms. The van der Waals surface area contributed by atoms with Crippen LogP contribution in [0.15, 0.2) is 22.7 Å². The summed E-state index contributed by atoms with van der Waals surface area (Å²) in [6.45, 7) is 2.49. The molecule has 0 unspecified atom stereocenters. The molecule has 0 aliphatic rings. The van der Waals surface area contributed by atoms with Gasteiger partial charge in [0.2, 0.25) is 0 Å². The molecule has 0 bridgehead atoms. The maximum Gasteiger partial charge on any atom is 0.255 e. The maximum atomic E-state index is 10.7. The molecule has 4 N–H and O–H groups in total. The van der Waals surface area contributed by atoms with Crippen molar-refractivity contribution >= 4 is 46.7 Å². The van der Waals surface area contributed by atoms with Crippen LogP contribution in [-0.2, 0) is 11.3 Å². The largest absolute Gasteiger partial charge is 0.483 e. The van der Waals surface area contributed by atoms with Crippen LogP contribution in [0, 0.1) is 0 Å². The number of rotatable bonds is 9. The van der Waals surface area contributed by atoms with E-state index in [-0.39, 0.29) is 31.4 Å². The van der Waals surface area contributed by atoms with E-state index in [1.54, 1.807) is 0 Å². The van der Waals surface area contributed by atoms with Gasteiger partial charge in [-0.05, 0) is 44.8 Å². The molecule has 0 atom stereocenters. The van der Waals surface area contributed by atoms with Gasteiger partial charge in [0.1, 0.15) is 5.75 Å². The van der Waals surface area contributed by atoms with Gasteiger partial charge in [0.15, 0.2) is 6.61 Å². The zero-order valence-corrected chi connectivity index (χ0v) is 15.1. The highest BCUT2D eigenvalue weighted by Gasteiger charge is 2.06. The van der Waals surface area contributed by atoms with Crippen molar-refractivity contribution in [3.8, 4) is 5.75 Å². The lowest BCUT2D eigenvalue weighted by atomic mass is 10.2. The molecule has 0 aliphatic heterocycles. The first-order chi connectivity index (χ1) is 9.13. The molecular weight excluding hydrogens is 381 g/mol. The Morgan fingerprint density at radius 1 is 1.33 bits per heavy atom. The van der Waals surface area contributed by atoms with Crippen LogP contribution in [0.25, 0.3) is 0 Å². The number of carbonyl (C=O) groups excluding carboxylic acids is 1. The first kappa shape index (κ1) is 22.7. The van der Waals surface area contributed by atoms with Crippen LogP contribution < -0.4 is 21.1 Å². The molecule has 0 aliphatic carbocycles. The maximum absolute atomic E-state index is 10.7. The van der Waals surface area contributed by atoms with Crippen molar-refractivity contribution in [1.82, 2.24) is 10.6 Å². The third-order valence-corrected chi connectivity index (χ3v) is 2.98. The number of nitrogens with one attached hydrogen (secondary N) is 2. The predicted octanol–water partition coefficient (Wildman–Crippen LogP) is 1.86. The van der Waals surface area contributed by atoms with Crippen molar-refractivity contribution in [2.45, 2.75) is 13.0 Å². The minimum atomic E-state index is -0.476. The molecular formula is C13H22BrCl2N3O2. The van der Waals surface area contributed by atoms with Crippen LogP contribution in [0.5, 0.6) is 5.75 Å². The number of ether oxygens (including phenoxy) is 1. The van der Waals surface area contributed by atoms with Crippen LogP contribution in [-0.4, -0.2) is 32.7 Å². The average molecular weight is 403 g/mol. The molecule has 8 heteroatoms. The molecule has 1 amide bonds. The quantitative estimate of drug-likeness (QED) is 0.551. The summed E-state index contributed by atoms with van der Waals surface area (Å²) in [5.41, 5.74) is 6.08. The highest BCUT2D eigenvalue weighted by Crippen LogP contribution is 2.23. The van der Waals surface area contributed by atoms with E-state index in [1.807, 2.05) is 25.2 Å². The Kier molecular flexibility index (Phi) is 14.2. The summed E-state index contributed by atoms with van der Waals surface area (Å²) in [5, 5.41) is 6.43. The van der Waals surface area contributed by atoms with Crippen LogP contribution in [0.3, 0.4) is 0 Å². The highest BCUT2D eigenvalue weighted by atomic mass is 79.9. The monoisotopic (exact) mass is 401 g/mol. The number of amides is 1. The van der Waals surface area contributed by atoms with Crippen molar-refractivity contribution in [3.63, 3.8) is 0 Å². The van der Waals surface area contributed by atoms with Gasteiger partial charge in [-0.3, -0.25) is 4.79 Å². The van der Waals surface area contributed by atoms with Gasteiger partial charge in [0.05, 0.1) is 0 Å². The summed E-state index contributed by atoms with van der Waals surface area (Å²) in [6.07, 6.45) is 1.06.